The van der Waals surface area contributed by atoms with Gasteiger partial charge in [0.05, 0.1) is 13.0 Å². The monoisotopic (exact) mass is 390 g/mol. The van der Waals surface area contributed by atoms with Crippen LogP contribution in [0, 0.1) is 5.92 Å². The lowest BCUT2D eigenvalue weighted by Crippen LogP contribution is -2.14. The molecule has 1 aliphatic heterocycles. The Labute approximate surface area is 170 Å². The van der Waals surface area contributed by atoms with E-state index in [0.717, 1.165) is 42.2 Å². The summed E-state index contributed by atoms with van der Waals surface area (Å²) in [5.74, 6) is 1.24. The Morgan fingerprint density at radius 1 is 1.21 bits per heavy atom. The average molecular weight is 390 g/mol. The number of anilines is 1. The highest BCUT2D eigenvalue weighted by Gasteiger charge is 2.15. The summed E-state index contributed by atoms with van der Waals surface area (Å²) in [7, 11) is 0. The summed E-state index contributed by atoms with van der Waals surface area (Å²) in [5, 5.41) is 18.7. The highest BCUT2D eigenvalue weighted by molar-refractivity contribution is 5.92. The molecule has 0 radical (unpaired) electrons. The number of aromatic nitrogens is 4. The molecular weight excluding hydrogens is 364 g/mol. The molecule has 1 atom stereocenters. The van der Waals surface area contributed by atoms with Gasteiger partial charge in [0.1, 0.15) is 0 Å². The summed E-state index contributed by atoms with van der Waals surface area (Å²) in [6.07, 6.45) is 2.69. The number of tetrazole rings is 1. The van der Waals surface area contributed by atoms with Crippen LogP contribution < -0.4 is 10.6 Å². The lowest BCUT2D eigenvalue weighted by molar-refractivity contribution is -0.115. The van der Waals surface area contributed by atoms with E-state index < -0.39 is 0 Å². The zero-order valence-corrected chi connectivity index (χ0v) is 16.6. The molecule has 7 heteroatoms. The summed E-state index contributed by atoms with van der Waals surface area (Å²) in [5.41, 5.74) is 3.90. The smallest absolute Gasteiger partial charge is 0.228 e. The van der Waals surface area contributed by atoms with Crippen LogP contribution in [0.5, 0.6) is 0 Å². The molecule has 1 unspecified atom stereocenters. The number of amides is 1. The molecule has 1 fully saturated rings. The van der Waals surface area contributed by atoms with E-state index in [0.29, 0.717) is 18.8 Å². The van der Waals surface area contributed by atoms with E-state index in [2.05, 4.69) is 50.3 Å². The third kappa shape index (κ3) is 5.06. The van der Waals surface area contributed by atoms with Crippen molar-refractivity contribution in [3.05, 3.63) is 59.7 Å². The maximum atomic E-state index is 12.5. The fraction of sp³-hybridized carbons (Fsp3) is 0.364. The van der Waals surface area contributed by atoms with Crippen molar-refractivity contribution in [1.82, 2.24) is 25.5 Å². The molecule has 1 saturated heterocycles. The van der Waals surface area contributed by atoms with Crippen molar-refractivity contribution in [3.8, 4) is 11.4 Å². The predicted octanol–water partition coefficient (Wildman–Crippen LogP) is 2.69. The van der Waals surface area contributed by atoms with E-state index in [-0.39, 0.29) is 5.91 Å². The van der Waals surface area contributed by atoms with Crippen molar-refractivity contribution in [1.29, 1.82) is 0 Å². The van der Waals surface area contributed by atoms with Crippen LogP contribution in [-0.4, -0.2) is 39.2 Å². The second-order valence-electron chi connectivity index (χ2n) is 7.49. The van der Waals surface area contributed by atoms with Gasteiger partial charge in [-0.3, -0.25) is 4.79 Å². The number of rotatable bonds is 7. The Morgan fingerprint density at radius 2 is 2.03 bits per heavy atom. The highest BCUT2D eigenvalue weighted by atomic mass is 16.1. The second-order valence-corrected chi connectivity index (χ2v) is 7.49. The molecule has 0 aliphatic carbocycles. The molecule has 1 aromatic heterocycles. The van der Waals surface area contributed by atoms with Crippen molar-refractivity contribution in [3.63, 3.8) is 0 Å². The Kier molecular flexibility index (Phi) is 5.95. The fourth-order valence-corrected chi connectivity index (χ4v) is 3.63. The topological polar surface area (TPSA) is 84.7 Å². The van der Waals surface area contributed by atoms with Gasteiger partial charge < -0.3 is 10.6 Å². The van der Waals surface area contributed by atoms with Gasteiger partial charge in [0.25, 0.3) is 0 Å². The molecule has 0 bridgehead atoms. The summed E-state index contributed by atoms with van der Waals surface area (Å²) in [6.45, 7) is 4.85. The van der Waals surface area contributed by atoms with Crippen LogP contribution in [-0.2, 0) is 24.2 Å². The minimum atomic E-state index is -0.0416. The van der Waals surface area contributed by atoms with Crippen molar-refractivity contribution in [2.45, 2.75) is 32.7 Å². The lowest BCUT2D eigenvalue weighted by atomic mass is 9.97. The van der Waals surface area contributed by atoms with Gasteiger partial charge >= 0.3 is 0 Å². The number of carbonyl (C=O) groups is 1. The molecule has 1 aliphatic rings. The zero-order valence-electron chi connectivity index (χ0n) is 16.6. The number of hydrogen-bond donors (Lipinski definition) is 2. The van der Waals surface area contributed by atoms with Gasteiger partial charge in [0, 0.05) is 11.3 Å². The van der Waals surface area contributed by atoms with Gasteiger partial charge in [-0.2, -0.15) is 4.80 Å². The molecule has 7 nitrogen and oxygen atoms in total. The highest BCUT2D eigenvalue weighted by Crippen LogP contribution is 2.19. The number of carbonyl (C=O) groups excluding carboxylic acids is 1. The average Bonchev–Trinajstić information content (AvgIpc) is 3.41. The van der Waals surface area contributed by atoms with E-state index >= 15 is 0 Å². The third-order valence-electron chi connectivity index (χ3n) is 5.21. The lowest BCUT2D eigenvalue weighted by Gasteiger charge is -2.09. The van der Waals surface area contributed by atoms with Crippen LogP contribution in [0.4, 0.5) is 5.69 Å². The van der Waals surface area contributed by atoms with Crippen LogP contribution in [0.25, 0.3) is 11.4 Å². The van der Waals surface area contributed by atoms with E-state index in [1.54, 1.807) is 0 Å². The first-order valence-corrected chi connectivity index (χ1v) is 10.2. The van der Waals surface area contributed by atoms with E-state index in [4.69, 9.17) is 0 Å². The number of benzene rings is 2. The molecular formula is C22H26N6O. The van der Waals surface area contributed by atoms with Crippen LogP contribution in [0.3, 0.4) is 0 Å². The number of aryl methyl sites for hydroxylation is 1. The molecule has 0 spiro atoms. The van der Waals surface area contributed by atoms with Crippen molar-refractivity contribution < 1.29 is 4.79 Å². The van der Waals surface area contributed by atoms with Crippen molar-refractivity contribution in [2.24, 2.45) is 5.92 Å². The normalized spacial score (nSPS) is 16.1. The predicted molar refractivity (Wildman–Crippen MR) is 112 cm³/mol. The minimum absolute atomic E-state index is 0.0416. The van der Waals surface area contributed by atoms with Gasteiger partial charge in [-0.1, -0.05) is 36.4 Å². The van der Waals surface area contributed by atoms with Gasteiger partial charge in [-0.05, 0) is 67.2 Å². The first-order valence-electron chi connectivity index (χ1n) is 10.2. The molecule has 0 saturated carbocycles. The van der Waals surface area contributed by atoms with Gasteiger partial charge in [0.2, 0.25) is 11.7 Å². The molecule has 150 valence electrons. The van der Waals surface area contributed by atoms with Gasteiger partial charge in [0.15, 0.2) is 0 Å². The van der Waals surface area contributed by atoms with Crippen LogP contribution >= 0.6 is 0 Å². The summed E-state index contributed by atoms with van der Waals surface area (Å²) in [6, 6.07) is 15.9. The van der Waals surface area contributed by atoms with Gasteiger partial charge in [-0.15, -0.1) is 10.2 Å². The maximum Gasteiger partial charge on any atom is 0.228 e. The Morgan fingerprint density at radius 3 is 2.76 bits per heavy atom. The second kappa shape index (κ2) is 8.96. The van der Waals surface area contributed by atoms with Crippen molar-refractivity contribution >= 4 is 11.6 Å². The summed E-state index contributed by atoms with van der Waals surface area (Å²) in [4.78, 5) is 14.0. The molecule has 1 amide bonds. The van der Waals surface area contributed by atoms with E-state index in [9.17, 15) is 4.79 Å². The van der Waals surface area contributed by atoms with Crippen molar-refractivity contribution in [2.75, 3.05) is 18.4 Å². The van der Waals surface area contributed by atoms with Crippen LogP contribution in [0.2, 0.25) is 0 Å². The minimum Gasteiger partial charge on any atom is -0.326 e. The maximum absolute atomic E-state index is 12.5. The largest absolute Gasteiger partial charge is 0.326 e. The molecule has 29 heavy (non-hydrogen) atoms. The number of nitrogens with zero attached hydrogens (tertiary/aromatic N) is 4. The molecule has 2 N–H and O–H groups in total. The van der Waals surface area contributed by atoms with Crippen LogP contribution in [0.1, 0.15) is 24.5 Å². The quantitative estimate of drug-likeness (QED) is 0.648. The van der Waals surface area contributed by atoms with E-state index in [1.165, 1.54) is 16.8 Å². The standard InChI is InChI=1S/C22H26N6O/c1-2-28-26-22(25-27-28)19-4-3-5-20(14-19)24-21(29)13-17-8-6-16(7-9-17)12-18-10-11-23-15-18/h3-9,14,18,23H,2,10-13,15H2,1H3,(H,24,29). The van der Waals surface area contributed by atoms with Crippen LogP contribution in [0.15, 0.2) is 48.5 Å². The molecule has 2 aromatic carbocycles. The molecule has 2 heterocycles. The summed E-state index contributed by atoms with van der Waals surface area (Å²) >= 11 is 0. The summed E-state index contributed by atoms with van der Waals surface area (Å²) < 4.78 is 0. The Bertz CT molecular complexity index is 959. The zero-order chi connectivity index (χ0) is 20.1. The molecule has 4 rings (SSSR count). The molecule has 3 aromatic rings. The van der Waals surface area contributed by atoms with E-state index in [1.807, 2.05) is 31.2 Å². The van der Waals surface area contributed by atoms with Gasteiger partial charge in [-0.25, -0.2) is 0 Å². The SMILES string of the molecule is CCn1nnc(-c2cccc(NC(=O)Cc3ccc(CC4CCNC4)cc3)c2)n1. The first kappa shape index (κ1) is 19.3. The Hall–Kier alpha value is -3.06. The first-order chi connectivity index (χ1) is 14.2. The fourth-order valence-electron chi connectivity index (χ4n) is 3.63. The number of nitrogens with one attached hydrogen (secondary N) is 2. The Balaban J connectivity index is 1.35. The number of hydrogen-bond acceptors (Lipinski definition) is 5. The third-order valence-corrected chi connectivity index (χ3v) is 5.21.